The zero-order valence-electron chi connectivity index (χ0n) is 19.6. The monoisotopic (exact) mass is 474 g/mol. The van der Waals surface area contributed by atoms with Crippen LogP contribution in [0.5, 0.6) is 0 Å². The minimum absolute atomic E-state index is 0.00581. The SMILES string of the molecule is O=C(NC1CCC(C(=O)N2CC3CC2C3C(=O)O)CC1)OCC1c2ccccc2-c2ccccc21. The summed E-state index contributed by atoms with van der Waals surface area (Å²) in [6.07, 6.45) is 3.28. The maximum Gasteiger partial charge on any atom is 0.407 e. The van der Waals surface area contributed by atoms with Gasteiger partial charge in [0.15, 0.2) is 0 Å². The lowest BCUT2D eigenvalue weighted by atomic mass is 9.74. The minimum Gasteiger partial charge on any atom is -0.481 e. The Morgan fingerprint density at radius 1 is 0.943 bits per heavy atom. The van der Waals surface area contributed by atoms with Gasteiger partial charge < -0.3 is 20.1 Å². The first-order valence-electron chi connectivity index (χ1n) is 12.7. The van der Waals surface area contributed by atoms with Gasteiger partial charge in [0.2, 0.25) is 5.91 Å². The molecule has 2 N–H and O–H groups in total. The lowest BCUT2D eigenvalue weighted by Gasteiger charge is -2.35. The molecular formula is C28H30N2O5. The topological polar surface area (TPSA) is 95.9 Å². The molecule has 2 bridgehead atoms. The summed E-state index contributed by atoms with van der Waals surface area (Å²) in [7, 11) is 0. The Bertz CT molecular complexity index is 1130. The second-order valence-electron chi connectivity index (χ2n) is 10.4. The number of carbonyl (C=O) groups is 3. The molecule has 0 aromatic heterocycles. The highest BCUT2D eigenvalue weighted by Gasteiger charge is 2.57. The molecule has 2 aromatic carbocycles. The molecule has 4 fully saturated rings. The molecule has 7 nitrogen and oxygen atoms in total. The number of carboxylic acid groups (broad SMARTS) is 1. The Morgan fingerprint density at radius 2 is 1.57 bits per heavy atom. The molecule has 0 spiro atoms. The molecular weight excluding hydrogens is 444 g/mol. The van der Waals surface area contributed by atoms with E-state index in [9.17, 15) is 19.5 Å². The fourth-order valence-electron chi connectivity index (χ4n) is 6.76. The highest BCUT2D eigenvalue weighted by atomic mass is 16.5. The zero-order chi connectivity index (χ0) is 24.1. The van der Waals surface area contributed by atoms with Crippen molar-refractivity contribution in [2.24, 2.45) is 17.8 Å². The van der Waals surface area contributed by atoms with Crippen molar-refractivity contribution in [3.63, 3.8) is 0 Å². The van der Waals surface area contributed by atoms with Crippen molar-refractivity contribution >= 4 is 18.0 Å². The number of benzene rings is 2. The van der Waals surface area contributed by atoms with Gasteiger partial charge in [0.25, 0.3) is 0 Å². The Hall–Kier alpha value is -3.35. The van der Waals surface area contributed by atoms with Crippen LogP contribution in [0, 0.1) is 17.8 Å². The molecule has 3 atom stereocenters. The lowest BCUT2D eigenvalue weighted by molar-refractivity contribution is -0.149. The number of carboxylic acids is 1. The van der Waals surface area contributed by atoms with Crippen LogP contribution in [0.15, 0.2) is 48.5 Å². The maximum atomic E-state index is 13.0. The Kier molecular flexibility index (Phi) is 5.50. The van der Waals surface area contributed by atoms with Gasteiger partial charge in [0, 0.05) is 30.5 Å². The number of nitrogens with one attached hydrogen (secondary N) is 1. The van der Waals surface area contributed by atoms with E-state index < -0.39 is 12.1 Å². The largest absolute Gasteiger partial charge is 0.481 e. The first-order chi connectivity index (χ1) is 17.0. The molecule has 2 aliphatic heterocycles. The first kappa shape index (κ1) is 22.1. The van der Waals surface area contributed by atoms with Gasteiger partial charge in [-0.15, -0.1) is 0 Å². The van der Waals surface area contributed by atoms with Crippen LogP contribution >= 0.6 is 0 Å². The zero-order valence-corrected chi connectivity index (χ0v) is 19.6. The molecule has 2 saturated carbocycles. The third-order valence-corrected chi connectivity index (χ3v) is 8.61. The number of alkyl carbamates (subject to hydrolysis) is 1. The van der Waals surface area contributed by atoms with Crippen molar-refractivity contribution in [3.8, 4) is 11.1 Å². The highest BCUT2D eigenvalue weighted by Crippen LogP contribution is 2.48. The van der Waals surface area contributed by atoms with Crippen LogP contribution in [-0.4, -0.2) is 53.2 Å². The van der Waals surface area contributed by atoms with E-state index in [0.717, 1.165) is 19.3 Å². The van der Waals surface area contributed by atoms with Crippen molar-refractivity contribution in [1.82, 2.24) is 10.2 Å². The number of fused-ring (bicyclic) bond motifs is 4. The predicted octanol–water partition coefficient (Wildman–Crippen LogP) is 4.02. The van der Waals surface area contributed by atoms with Crippen LogP contribution in [0.25, 0.3) is 11.1 Å². The van der Waals surface area contributed by atoms with E-state index in [4.69, 9.17) is 4.74 Å². The quantitative estimate of drug-likeness (QED) is 0.683. The van der Waals surface area contributed by atoms with Crippen LogP contribution in [0.4, 0.5) is 4.79 Å². The van der Waals surface area contributed by atoms with Crippen molar-refractivity contribution in [2.45, 2.75) is 50.1 Å². The predicted molar refractivity (Wildman–Crippen MR) is 129 cm³/mol. The summed E-state index contributed by atoms with van der Waals surface area (Å²) in [5, 5.41) is 12.4. The first-order valence-corrected chi connectivity index (χ1v) is 12.7. The summed E-state index contributed by atoms with van der Waals surface area (Å²) in [6.45, 7) is 0.869. The number of rotatable bonds is 5. The summed E-state index contributed by atoms with van der Waals surface area (Å²) >= 11 is 0. The third-order valence-electron chi connectivity index (χ3n) is 8.61. The van der Waals surface area contributed by atoms with E-state index in [1.807, 2.05) is 29.2 Å². The fourth-order valence-corrected chi connectivity index (χ4v) is 6.76. The summed E-state index contributed by atoms with van der Waals surface area (Å²) in [5.41, 5.74) is 4.77. The van der Waals surface area contributed by atoms with E-state index >= 15 is 0 Å². The number of hydrogen-bond acceptors (Lipinski definition) is 4. The van der Waals surface area contributed by atoms with Gasteiger partial charge in [-0.3, -0.25) is 9.59 Å². The van der Waals surface area contributed by atoms with Crippen molar-refractivity contribution in [1.29, 1.82) is 0 Å². The second-order valence-corrected chi connectivity index (χ2v) is 10.4. The Balaban J connectivity index is 0.998. The van der Waals surface area contributed by atoms with Gasteiger partial charge in [0.05, 0.1) is 5.92 Å². The highest BCUT2D eigenvalue weighted by molar-refractivity contribution is 5.83. The molecule has 3 unspecified atom stereocenters. The van der Waals surface area contributed by atoms with E-state index in [1.54, 1.807) is 0 Å². The number of carbonyl (C=O) groups excluding carboxylic acids is 2. The van der Waals surface area contributed by atoms with E-state index in [1.165, 1.54) is 22.3 Å². The van der Waals surface area contributed by atoms with Gasteiger partial charge in [-0.1, -0.05) is 48.5 Å². The number of nitrogens with zero attached hydrogens (tertiary/aromatic N) is 1. The number of amides is 2. The van der Waals surface area contributed by atoms with Gasteiger partial charge in [-0.2, -0.15) is 0 Å². The smallest absolute Gasteiger partial charge is 0.407 e. The average molecular weight is 475 g/mol. The van der Waals surface area contributed by atoms with Gasteiger partial charge in [0.1, 0.15) is 6.61 Å². The molecule has 7 rings (SSSR count). The van der Waals surface area contributed by atoms with Crippen molar-refractivity contribution in [3.05, 3.63) is 59.7 Å². The van der Waals surface area contributed by atoms with Crippen molar-refractivity contribution in [2.75, 3.05) is 13.2 Å². The van der Waals surface area contributed by atoms with E-state index in [0.29, 0.717) is 19.4 Å². The van der Waals surface area contributed by atoms with E-state index in [-0.39, 0.29) is 48.3 Å². The summed E-state index contributed by atoms with van der Waals surface area (Å²) in [5.74, 6) is -0.996. The lowest BCUT2D eigenvalue weighted by Crippen LogP contribution is -2.47. The summed E-state index contributed by atoms with van der Waals surface area (Å²) < 4.78 is 5.67. The van der Waals surface area contributed by atoms with Gasteiger partial charge in [-0.05, 0) is 60.3 Å². The van der Waals surface area contributed by atoms with Crippen LogP contribution in [0.1, 0.15) is 49.1 Å². The van der Waals surface area contributed by atoms with Gasteiger partial charge >= 0.3 is 12.1 Å². The molecule has 5 aliphatic rings. The molecule has 35 heavy (non-hydrogen) atoms. The van der Waals surface area contributed by atoms with Crippen LogP contribution in [0.3, 0.4) is 0 Å². The van der Waals surface area contributed by atoms with Gasteiger partial charge in [-0.25, -0.2) is 4.79 Å². The molecule has 7 heteroatoms. The molecule has 182 valence electrons. The van der Waals surface area contributed by atoms with Crippen LogP contribution in [-0.2, 0) is 14.3 Å². The normalized spacial score (nSPS) is 28.6. The van der Waals surface area contributed by atoms with Crippen LogP contribution in [0.2, 0.25) is 0 Å². The standard InChI is InChI=1S/C28H30N2O5/c31-26(30-14-17-13-24(30)25(17)27(32)33)16-9-11-18(12-10-16)29-28(34)35-15-23-21-7-3-1-5-19(21)20-6-2-4-8-22(20)23/h1-8,16-18,23-25H,9-15H2,(H,29,34)(H,32,33). The van der Waals surface area contributed by atoms with Crippen molar-refractivity contribution < 1.29 is 24.2 Å². The summed E-state index contributed by atoms with van der Waals surface area (Å²) in [4.78, 5) is 38.8. The Labute approximate surface area is 204 Å². The Morgan fingerprint density at radius 3 is 2.17 bits per heavy atom. The maximum absolute atomic E-state index is 13.0. The summed E-state index contributed by atoms with van der Waals surface area (Å²) in [6, 6.07) is 16.4. The molecule has 2 aromatic rings. The van der Waals surface area contributed by atoms with E-state index in [2.05, 4.69) is 29.6 Å². The molecule has 3 aliphatic carbocycles. The number of aliphatic carboxylic acids is 1. The third kappa shape index (κ3) is 3.77. The molecule has 2 heterocycles. The minimum atomic E-state index is -0.780. The van der Waals surface area contributed by atoms with Crippen LogP contribution < -0.4 is 5.32 Å². The fraction of sp³-hybridized carbons (Fsp3) is 0.464. The molecule has 2 amide bonds. The number of hydrogen-bond donors (Lipinski definition) is 2. The molecule has 0 radical (unpaired) electrons. The molecule has 2 saturated heterocycles. The second kappa shape index (κ2) is 8.70. The number of ether oxygens (including phenoxy) is 1. The average Bonchev–Trinajstić information content (AvgIpc) is 3.54.